The minimum absolute atomic E-state index is 0.229. The quantitative estimate of drug-likeness (QED) is 0.169. The highest BCUT2D eigenvalue weighted by Crippen LogP contribution is 2.12. The zero-order valence-corrected chi connectivity index (χ0v) is 18.4. The van der Waals surface area contributed by atoms with E-state index < -0.39 is 11.9 Å². The van der Waals surface area contributed by atoms with E-state index in [0.29, 0.717) is 22.6 Å². The number of nitrogens with one attached hydrogen (secondary N) is 2. The highest BCUT2D eigenvalue weighted by Gasteiger charge is 2.07. The highest BCUT2D eigenvalue weighted by molar-refractivity contribution is 5.96. The van der Waals surface area contributed by atoms with Gasteiger partial charge in [0.25, 0.3) is 11.8 Å². The van der Waals surface area contributed by atoms with Gasteiger partial charge in [-0.2, -0.15) is 5.10 Å². The molecule has 0 radical (unpaired) electrons. The number of methoxy groups -OCH3 is 1. The van der Waals surface area contributed by atoms with Crippen LogP contribution in [0.3, 0.4) is 0 Å². The Morgan fingerprint density at radius 3 is 2.21 bits per heavy atom. The number of carbonyl (C=O) groups excluding carboxylic acids is 3. The van der Waals surface area contributed by atoms with Gasteiger partial charge in [0.1, 0.15) is 11.5 Å². The second-order valence-electron chi connectivity index (χ2n) is 6.94. The monoisotopic (exact) mass is 457 g/mol. The number of carbonyl (C=O) groups is 3. The molecule has 0 spiro atoms. The lowest BCUT2D eigenvalue weighted by atomic mass is 10.2. The Labute approximate surface area is 196 Å². The molecule has 0 heterocycles. The Morgan fingerprint density at radius 2 is 1.53 bits per heavy atom. The van der Waals surface area contributed by atoms with Gasteiger partial charge < -0.3 is 14.8 Å². The van der Waals surface area contributed by atoms with Crippen molar-refractivity contribution < 1.29 is 23.9 Å². The molecule has 2 amide bonds. The largest absolute Gasteiger partial charge is 0.497 e. The van der Waals surface area contributed by atoms with E-state index in [2.05, 4.69) is 15.8 Å². The van der Waals surface area contributed by atoms with Crippen molar-refractivity contribution in [2.45, 2.75) is 0 Å². The third kappa shape index (κ3) is 7.76. The van der Waals surface area contributed by atoms with E-state index in [1.165, 1.54) is 19.4 Å². The SMILES string of the molecule is COc1ccc(C(=O)NCC(=O)N/N=C/c2ccc(OC(=O)/C=C/c3ccccc3)cc2)cc1. The molecule has 0 saturated carbocycles. The number of hydrazone groups is 1. The zero-order chi connectivity index (χ0) is 24.2. The average Bonchev–Trinajstić information content (AvgIpc) is 2.88. The Balaban J connectivity index is 1.41. The van der Waals surface area contributed by atoms with Crippen molar-refractivity contribution in [1.29, 1.82) is 0 Å². The third-order valence-corrected chi connectivity index (χ3v) is 4.47. The van der Waals surface area contributed by atoms with Crippen molar-refractivity contribution in [3.63, 3.8) is 0 Å². The third-order valence-electron chi connectivity index (χ3n) is 4.47. The maximum atomic E-state index is 12.1. The molecular weight excluding hydrogens is 434 g/mol. The van der Waals surface area contributed by atoms with Crippen LogP contribution in [0.1, 0.15) is 21.5 Å². The Bertz CT molecular complexity index is 1170. The molecular formula is C26H23N3O5. The first-order valence-electron chi connectivity index (χ1n) is 10.3. The van der Waals surface area contributed by atoms with E-state index >= 15 is 0 Å². The summed E-state index contributed by atoms with van der Waals surface area (Å²) in [7, 11) is 1.54. The molecule has 0 saturated heterocycles. The summed E-state index contributed by atoms with van der Waals surface area (Å²) < 4.78 is 10.3. The molecule has 2 N–H and O–H groups in total. The standard InChI is InChI=1S/C26H23N3O5/c1-33-22-14-10-21(11-15-22)26(32)27-18-24(30)29-28-17-20-7-12-23(13-8-20)34-25(31)16-9-19-5-3-2-4-6-19/h2-17H,18H2,1H3,(H,27,32)(H,29,30)/b16-9+,28-17+. The number of esters is 1. The second-order valence-corrected chi connectivity index (χ2v) is 6.94. The first-order valence-corrected chi connectivity index (χ1v) is 10.3. The minimum atomic E-state index is -0.491. The first-order chi connectivity index (χ1) is 16.5. The molecule has 0 bridgehead atoms. The number of rotatable bonds is 9. The van der Waals surface area contributed by atoms with Crippen LogP contribution in [0.4, 0.5) is 0 Å². The lowest BCUT2D eigenvalue weighted by Crippen LogP contribution is -2.34. The topological polar surface area (TPSA) is 106 Å². The van der Waals surface area contributed by atoms with Crippen molar-refractivity contribution >= 4 is 30.1 Å². The summed E-state index contributed by atoms with van der Waals surface area (Å²) in [5.74, 6) is -0.339. The van der Waals surface area contributed by atoms with Gasteiger partial charge in [-0.25, -0.2) is 10.2 Å². The maximum Gasteiger partial charge on any atom is 0.336 e. The number of ether oxygens (including phenoxy) is 2. The van der Waals surface area contributed by atoms with Crippen LogP contribution in [-0.4, -0.2) is 37.7 Å². The van der Waals surface area contributed by atoms with Gasteiger partial charge in [0, 0.05) is 11.6 Å². The fraction of sp³-hybridized carbons (Fsp3) is 0.0769. The molecule has 3 aromatic carbocycles. The van der Waals surface area contributed by atoms with Crippen molar-refractivity contribution in [1.82, 2.24) is 10.7 Å². The molecule has 172 valence electrons. The van der Waals surface area contributed by atoms with Crippen LogP contribution in [0.25, 0.3) is 6.08 Å². The molecule has 34 heavy (non-hydrogen) atoms. The molecule has 0 atom stereocenters. The number of hydrogen-bond acceptors (Lipinski definition) is 6. The zero-order valence-electron chi connectivity index (χ0n) is 18.4. The molecule has 0 fully saturated rings. The number of hydrogen-bond donors (Lipinski definition) is 2. The predicted octanol–water partition coefficient (Wildman–Crippen LogP) is 3.19. The maximum absolute atomic E-state index is 12.1. The summed E-state index contributed by atoms with van der Waals surface area (Å²) in [5.41, 5.74) is 4.33. The second kappa shape index (κ2) is 12.4. The van der Waals surface area contributed by atoms with E-state index in [-0.39, 0.29) is 12.5 Å². The van der Waals surface area contributed by atoms with E-state index in [4.69, 9.17) is 9.47 Å². The van der Waals surface area contributed by atoms with Crippen LogP contribution in [-0.2, 0) is 9.59 Å². The van der Waals surface area contributed by atoms with E-state index in [1.807, 2.05) is 30.3 Å². The molecule has 0 aromatic heterocycles. The van der Waals surface area contributed by atoms with Gasteiger partial charge >= 0.3 is 5.97 Å². The van der Waals surface area contributed by atoms with Crippen molar-refractivity contribution in [2.24, 2.45) is 5.10 Å². The molecule has 0 aliphatic rings. The average molecular weight is 457 g/mol. The lowest BCUT2D eigenvalue weighted by Gasteiger charge is -2.05. The Hall–Kier alpha value is -4.72. The molecule has 0 unspecified atom stereocenters. The number of nitrogens with zero attached hydrogens (tertiary/aromatic N) is 1. The van der Waals surface area contributed by atoms with Crippen molar-refractivity contribution in [2.75, 3.05) is 13.7 Å². The highest BCUT2D eigenvalue weighted by atomic mass is 16.5. The lowest BCUT2D eigenvalue weighted by molar-refractivity contribution is -0.129. The van der Waals surface area contributed by atoms with Gasteiger partial charge in [-0.1, -0.05) is 30.3 Å². The van der Waals surface area contributed by atoms with Gasteiger partial charge in [0.2, 0.25) is 0 Å². The Morgan fingerprint density at radius 1 is 0.853 bits per heavy atom. The molecule has 3 aromatic rings. The normalized spacial score (nSPS) is 10.7. The molecule has 0 aliphatic carbocycles. The first kappa shape index (κ1) is 23.9. The van der Waals surface area contributed by atoms with Crippen LogP contribution >= 0.6 is 0 Å². The fourth-order valence-electron chi connectivity index (χ4n) is 2.72. The van der Waals surface area contributed by atoms with E-state index in [1.54, 1.807) is 54.6 Å². The van der Waals surface area contributed by atoms with Gasteiger partial charge in [-0.3, -0.25) is 9.59 Å². The summed E-state index contributed by atoms with van der Waals surface area (Å²) in [6, 6.07) is 22.5. The van der Waals surface area contributed by atoms with Gasteiger partial charge in [-0.05, 0) is 65.7 Å². The Kier molecular flexibility index (Phi) is 8.69. The molecule has 8 heteroatoms. The fourth-order valence-corrected chi connectivity index (χ4v) is 2.72. The van der Waals surface area contributed by atoms with Gasteiger partial charge in [-0.15, -0.1) is 0 Å². The summed E-state index contributed by atoms with van der Waals surface area (Å²) in [5, 5.41) is 6.37. The van der Waals surface area contributed by atoms with Crippen molar-refractivity contribution in [3.8, 4) is 11.5 Å². The summed E-state index contributed by atoms with van der Waals surface area (Å²) >= 11 is 0. The van der Waals surface area contributed by atoms with Crippen LogP contribution in [0, 0.1) is 0 Å². The molecule has 0 aliphatic heterocycles. The predicted molar refractivity (Wildman–Crippen MR) is 129 cm³/mol. The van der Waals surface area contributed by atoms with Crippen LogP contribution in [0.5, 0.6) is 11.5 Å². The summed E-state index contributed by atoms with van der Waals surface area (Å²) in [4.78, 5) is 35.9. The number of amides is 2. The molecule has 8 nitrogen and oxygen atoms in total. The minimum Gasteiger partial charge on any atom is -0.497 e. The molecule has 3 rings (SSSR count). The van der Waals surface area contributed by atoms with E-state index in [0.717, 1.165) is 5.56 Å². The number of benzene rings is 3. The van der Waals surface area contributed by atoms with Gasteiger partial charge in [0.15, 0.2) is 0 Å². The smallest absolute Gasteiger partial charge is 0.336 e. The van der Waals surface area contributed by atoms with Crippen molar-refractivity contribution in [3.05, 3.63) is 102 Å². The van der Waals surface area contributed by atoms with Crippen LogP contribution < -0.4 is 20.2 Å². The van der Waals surface area contributed by atoms with Crippen LogP contribution in [0.15, 0.2) is 90.0 Å². The van der Waals surface area contributed by atoms with Gasteiger partial charge in [0.05, 0.1) is 19.9 Å². The summed E-state index contributed by atoms with van der Waals surface area (Å²) in [6.07, 6.45) is 4.46. The van der Waals surface area contributed by atoms with Crippen LogP contribution in [0.2, 0.25) is 0 Å². The summed E-state index contributed by atoms with van der Waals surface area (Å²) in [6.45, 7) is -0.229. The van der Waals surface area contributed by atoms with E-state index in [9.17, 15) is 14.4 Å².